The molecule has 0 aromatic heterocycles. The van der Waals surface area contributed by atoms with E-state index in [1.807, 2.05) is 18.2 Å². The summed E-state index contributed by atoms with van der Waals surface area (Å²) >= 11 is 0. The molecule has 3 N–H and O–H groups in total. The summed E-state index contributed by atoms with van der Waals surface area (Å²) in [6.07, 6.45) is -1.13. The Labute approximate surface area is 71.1 Å². The Morgan fingerprint density at radius 3 is 2.42 bits per heavy atom. The Hall–Kier alpha value is -1.37. The van der Waals surface area contributed by atoms with Gasteiger partial charge in [0.1, 0.15) is 0 Å². The van der Waals surface area contributed by atoms with Crippen LogP contribution in [0, 0.1) is 11.3 Å². The van der Waals surface area contributed by atoms with Gasteiger partial charge in [0.05, 0.1) is 12.1 Å². The SMILES string of the molecule is N#CC(O)[C@H](N)c1ccccc1. The van der Waals surface area contributed by atoms with Gasteiger partial charge >= 0.3 is 0 Å². The second kappa shape index (κ2) is 3.86. The van der Waals surface area contributed by atoms with Crippen molar-refractivity contribution in [1.82, 2.24) is 0 Å². The second-order valence-electron chi connectivity index (χ2n) is 2.51. The van der Waals surface area contributed by atoms with Crippen LogP contribution >= 0.6 is 0 Å². The predicted molar refractivity (Wildman–Crippen MR) is 45.0 cm³/mol. The van der Waals surface area contributed by atoms with Gasteiger partial charge in [-0.25, -0.2) is 0 Å². The van der Waals surface area contributed by atoms with Gasteiger partial charge in [-0.3, -0.25) is 0 Å². The number of aliphatic hydroxyl groups excluding tert-OH is 1. The number of rotatable bonds is 2. The van der Waals surface area contributed by atoms with Gasteiger partial charge in [0, 0.05) is 0 Å². The minimum atomic E-state index is -1.13. The van der Waals surface area contributed by atoms with E-state index in [0.29, 0.717) is 0 Å². The summed E-state index contributed by atoms with van der Waals surface area (Å²) in [6, 6.07) is 10.1. The first-order valence-corrected chi connectivity index (χ1v) is 3.64. The Kier molecular flexibility index (Phi) is 2.81. The first kappa shape index (κ1) is 8.72. The van der Waals surface area contributed by atoms with Gasteiger partial charge in [0.15, 0.2) is 6.10 Å². The highest BCUT2D eigenvalue weighted by Gasteiger charge is 2.14. The molecule has 0 aliphatic heterocycles. The zero-order valence-electron chi connectivity index (χ0n) is 6.51. The lowest BCUT2D eigenvalue weighted by Gasteiger charge is -2.11. The van der Waals surface area contributed by atoms with E-state index in [4.69, 9.17) is 16.1 Å². The topological polar surface area (TPSA) is 70.0 Å². The summed E-state index contributed by atoms with van der Waals surface area (Å²) in [5.41, 5.74) is 6.35. The molecule has 1 aromatic carbocycles. The van der Waals surface area contributed by atoms with Crippen LogP contribution in [0.5, 0.6) is 0 Å². The van der Waals surface area contributed by atoms with Gasteiger partial charge in [0.25, 0.3) is 0 Å². The van der Waals surface area contributed by atoms with Gasteiger partial charge < -0.3 is 10.8 Å². The highest BCUT2D eigenvalue weighted by molar-refractivity contribution is 5.21. The largest absolute Gasteiger partial charge is 0.376 e. The van der Waals surface area contributed by atoms with Crippen molar-refractivity contribution in [1.29, 1.82) is 5.26 Å². The smallest absolute Gasteiger partial charge is 0.159 e. The van der Waals surface area contributed by atoms with Crippen molar-refractivity contribution in [3.8, 4) is 6.07 Å². The Balaban J connectivity index is 2.80. The van der Waals surface area contributed by atoms with E-state index in [2.05, 4.69) is 0 Å². The number of hydrogen-bond donors (Lipinski definition) is 2. The van der Waals surface area contributed by atoms with E-state index in [0.717, 1.165) is 5.56 Å². The summed E-state index contributed by atoms with van der Waals surface area (Å²) in [5.74, 6) is 0. The fourth-order valence-electron chi connectivity index (χ4n) is 0.938. The van der Waals surface area contributed by atoms with Crippen LogP contribution in [-0.2, 0) is 0 Å². The maximum absolute atomic E-state index is 9.09. The van der Waals surface area contributed by atoms with Crippen LogP contribution in [0.3, 0.4) is 0 Å². The van der Waals surface area contributed by atoms with Crippen molar-refractivity contribution in [2.45, 2.75) is 12.1 Å². The summed E-state index contributed by atoms with van der Waals surface area (Å²) in [5, 5.41) is 17.5. The fraction of sp³-hybridized carbons (Fsp3) is 0.222. The number of benzene rings is 1. The van der Waals surface area contributed by atoms with E-state index < -0.39 is 12.1 Å². The van der Waals surface area contributed by atoms with Crippen molar-refractivity contribution in [3.05, 3.63) is 35.9 Å². The molecule has 62 valence electrons. The summed E-state index contributed by atoms with van der Waals surface area (Å²) < 4.78 is 0. The summed E-state index contributed by atoms with van der Waals surface area (Å²) in [4.78, 5) is 0. The first-order valence-electron chi connectivity index (χ1n) is 3.64. The normalized spacial score (nSPS) is 14.8. The number of aliphatic hydroxyl groups is 1. The van der Waals surface area contributed by atoms with Gasteiger partial charge in [-0.1, -0.05) is 30.3 Å². The molecule has 0 radical (unpaired) electrons. The molecule has 3 heteroatoms. The molecule has 0 bridgehead atoms. The summed E-state index contributed by atoms with van der Waals surface area (Å²) in [7, 11) is 0. The van der Waals surface area contributed by atoms with Crippen LogP contribution in [0.25, 0.3) is 0 Å². The lowest BCUT2D eigenvalue weighted by molar-refractivity contribution is 0.199. The maximum atomic E-state index is 9.09. The van der Waals surface area contributed by atoms with Crippen molar-refractivity contribution in [2.75, 3.05) is 0 Å². The maximum Gasteiger partial charge on any atom is 0.159 e. The standard InChI is InChI=1S/C9H10N2O/c10-6-8(12)9(11)7-4-2-1-3-5-7/h1-5,8-9,12H,11H2/t8?,9-/m1/s1. The van der Waals surface area contributed by atoms with Gasteiger partial charge in [-0.15, -0.1) is 0 Å². The third-order valence-electron chi connectivity index (χ3n) is 1.66. The molecule has 1 aromatic rings. The molecule has 0 fully saturated rings. The first-order chi connectivity index (χ1) is 5.75. The lowest BCUT2D eigenvalue weighted by atomic mass is 10.0. The fourth-order valence-corrected chi connectivity index (χ4v) is 0.938. The van der Waals surface area contributed by atoms with Crippen LogP contribution < -0.4 is 5.73 Å². The van der Waals surface area contributed by atoms with E-state index in [9.17, 15) is 0 Å². The number of nitriles is 1. The molecular weight excluding hydrogens is 152 g/mol. The zero-order valence-corrected chi connectivity index (χ0v) is 6.51. The molecule has 0 heterocycles. The van der Waals surface area contributed by atoms with Gasteiger partial charge in [-0.05, 0) is 5.56 Å². The van der Waals surface area contributed by atoms with Gasteiger partial charge in [-0.2, -0.15) is 5.26 Å². The monoisotopic (exact) mass is 162 g/mol. The highest BCUT2D eigenvalue weighted by atomic mass is 16.3. The number of nitrogens with zero attached hydrogens (tertiary/aromatic N) is 1. The third-order valence-corrected chi connectivity index (χ3v) is 1.66. The molecule has 0 saturated carbocycles. The zero-order chi connectivity index (χ0) is 8.97. The molecule has 12 heavy (non-hydrogen) atoms. The van der Waals surface area contributed by atoms with E-state index in [-0.39, 0.29) is 0 Å². The van der Waals surface area contributed by atoms with Crippen LogP contribution in [0.4, 0.5) is 0 Å². The molecule has 0 saturated heterocycles. The molecule has 0 amide bonds. The lowest BCUT2D eigenvalue weighted by Crippen LogP contribution is -2.24. The molecular formula is C9H10N2O. The Bertz CT molecular complexity index is 278. The molecule has 1 rings (SSSR count). The van der Waals surface area contributed by atoms with E-state index in [1.165, 1.54) is 0 Å². The van der Waals surface area contributed by atoms with Crippen LogP contribution in [0.15, 0.2) is 30.3 Å². The molecule has 2 atom stereocenters. The van der Waals surface area contributed by atoms with Crippen LogP contribution in [0.1, 0.15) is 11.6 Å². The third kappa shape index (κ3) is 1.82. The number of nitrogens with two attached hydrogens (primary N) is 1. The van der Waals surface area contributed by atoms with E-state index in [1.54, 1.807) is 18.2 Å². The van der Waals surface area contributed by atoms with Crippen LogP contribution in [-0.4, -0.2) is 11.2 Å². The molecule has 0 aliphatic rings. The molecule has 3 nitrogen and oxygen atoms in total. The Morgan fingerprint density at radius 1 is 1.33 bits per heavy atom. The Morgan fingerprint density at radius 2 is 1.92 bits per heavy atom. The average Bonchev–Trinajstić information content (AvgIpc) is 2.17. The van der Waals surface area contributed by atoms with Gasteiger partial charge in [0.2, 0.25) is 0 Å². The quantitative estimate of drug-likeness (QED) is 0.624. The predicted octanol–water partition coefficient (Wildman–Crippen LogP) is 0.571. The van der Waals surface area contributed by atoms with Crippen molar-refractivity contribution in [2.24, 2.45) is 5.73 Å². The van der Waals surface area contributed by atoms with Crippen molar-refractivity contribution >= 4 is 0 Å². The molecule has 0 spiro atoms. The van der Waals surface area contributed by atoms with E-state index >= 15 is 0 Å². The van der Waals surface area contributed by atoms with Crippen LogP contribution in [0.2, 0.25) is 0 Å². The minimum Gasteiger partial charge on any atom is -0.376 e. The number of hydrogen-bond acceptors (Lipinski definition) is 3. The van der Waals surface area contributed by atoms with Crippen molar-refractivity contribution in [3.63, 3.8) is 0 Å². The molecule has 0 aliphatic carbocycles. The molecule has 1 unspecified atom stereocenters. The second-order valence-corrected chi connectivity index (χ2v) is 2.51. The average molecular weight is 162 g/mol. The van der Waals surface area contributed by atoms with Crippen molar-refractivity contribution < 1.29 is 5.11 Å². The highest BCUT2D eigenvalue weighted by Crippen LogP contribution is 2.12. The summed E-state index contributed by atoms with van der Waals surface area (Å²) in [6.45, 7) is 0. The minimum absolute atomic E-state index is 0.615.